The molecule has 10 heavy (non-hydrogen) atoms. The molecule has 0 N–H and O–H groups in total. The van der Waals surface area contributed by atoms with Crippen LogP contribution < -0.4 is 0 Å². The zero-order chi connectivity index (χ0) is 6.97. The van der Waals surface area contributed by atoms with Gasteiger partial charge in [0.05, 0.1) is 0 Å². The lowest BCUT2D eigenvalue weighted by Crippen LogP contribution is -2.17. The Morgan fingerprint density at radius 3 is 3.00 bits per heavy atom. The monoisotopic (exact) mass is 136 g/mol. The summed E-state index contributed by atoms with van der Waals surface area (Å²) in [4.78, 5) is 0. The lowest BCUT2D eigenvalue weighted by Gasteiger charge is -2.27. The summed E-state index contributed by atoms with van der Waals surface area (Å²) in [6.45, 7) is 2.33. The predicted octanol–water partition coefficient (Wildman–Crippen LogP) is 3.00. The zero-order valence-electron chi connectivity index (χ0n) is 6.72. The van der Waals surface area contributed by atoms with Gasteiger partial charge in [0.2, 0.25) is 0 Å². The summed E-state index contributed by atoms with van der Waals surface area (Å²) in [7, 11) is 0. The van der Waals surface area contributed by atoms with Crippen LogP contribution in [0.1, 0.15) is 32.6 Å². The van der Waals surface area contributed by atoms with E-state index in [4.69, 9.17) is 0 Å². The minimum Gasteiger partial charge on any atom is -0.0851 e. The predicted molar refractivity (Wildman–Crippen MR) is 43.8 cm³/mol. The third kappa shape index (κ3) is 0.902. The van der Waals surface area contributed by atoms with E-state index in [9.17, 15) is 0 Å². The van der Waals surface area contributed by atoms with Crippen molar-refractivity contribution in [2.45, 2.75) is 32.6 Å². The van der Waals surface area contributed by atoms with Crippen molar-refractivity contribution in [3.05, 3.63) is 12.2 Å². The minimum absolute atomic E-state index is 0.962. The molecule has 2 aliphatic rings. The molecule has 3 atom stereocenters. The van der Waals surface area contributed by atoms with Crippen LogP contribution in [0.15, 0.2) is 12.2 Å². The molecule has 2 rings (SSSR count). The molecule has 3 unspecified atom stereocenters. The van der Waals surface area contributed by atoms with Crippen molar-refractivity contribution in [2.75, 3.05) is 0 Å². The van der Waals surface area contributed by atoms with E-state index in [0.29, 0.717) is 0 Å². The topological polar surface area (TPSA) is 0 Å². The van der Waals surface area contributed by atoms with Crippen molar-refractivity contribution in [3.63, 3.8) is 0 Å². The molecule has 2 bridgehead atoms. The van der Waals surface area contributed by atoms with E-state index in [2.05, 4.69) is 19.1 Å². The van der Waals surface area contributed by atoms with Crippen LogP contribution in [0.25, 0.3) is 0 Å². The van der Waals surface area contributed by atoms with E-state index >= 15 is 0 Å². The maximum absolute atomic E-state index is 2.46. The number of fused-ring (bicyclic) bond motifs is 2. The SMILES string of the molecule is CCC1CCC2C=CC1C2. The van der Waals surface area contributed by atoms with Gasteiger partial charge < -0.3 is 0 Å². The fraction of sp³-hybridized carbons (Fsp3) is 0.800. The maximum Gasteiger partial charge on any atom is -0.0200 e. The molecule has 1 saturated carbocycles. The Hall–Kier alpha value is -0.260. The molecule has 0 heteroatoms. The Morgan fingerprint density at radius 1 is 1.30 bits per heavy atom. The van der Waals surface area contributed by atoms with Gasteiger partial charge in [-0.15, -0.1) is 0 Å². The van der Waals surface area contributed by atoms with Crippen molar-refractivity contribution in [3.8, 4) is 0 Å². The van der Waals surface area contributed by atoms with Crippen LogP contribution >= 0.6 is 0 Å². The molecule has 56 valence electrons. The van der Waals surface area contributed by atoms with Gasteiger partial charge in [-0.25, -0.2) is 0 Å². The summed E-state index contributed by atoms with van der Waals surface area (Å²) in [5, 5.41) is 0. The molecule has 0 heterocycles. The molecule has 0 aliphatic heterocycles. The van der Waals surface area contributed by atoms with Crippen LogP contribution in [-0.2, 0) is 0 Å². The van der Waals surface area contributed by atoms with Crippen LogP contribution in [-0.4, -0.2) is 0 Å². The maximum atomic E-state index is 2.46. The first-order chi connectivity index (χ1) is 4.90. The molecule has 0 aromatic heterocycles. The summed E-state index contributed by atoms with van der Waals surface area (Å²) < 4.78 is 0. The smallest absolute Gasteiger partial charge is 0.0200 e. The molecule has 0 spiro atoms. The first kappa shape index (κ1) is 6.45. The quantitative estimate of drug-likeness (QED) is 0.486. The molecule has 2 aliphatic carbocycles. The van der Waals surface area contributed by atoms with Crippen molar-refractivity contribution in [2.24, 2.45) is 17.8 Å². The van der Waals surface area contributed by atoms with Crippen molar-refractivity contribution >= 4 is 0 Å². The third-order valence-corrected chi connectivity index (χ3v) is 3.24. The second-order valence-electron chi connectivity index (χ2n) is 3.79. The molecule has 0 aromatic carbocycles. The third-order valence-electron chi connectivity index (χ3n) is 3.24. The highest BCUT2D eigenvalue weighted by Crippen LogP contribution is 2.41. The van der Waals surface area contributed by atoms with Crippen LogP contribution in [0.5, 0.6) is 0 Å². The molecule has 0 saturated heterocycles. The second-order valence-corrected chi connectivity index (χ2v) is 3.79. The van der Waals surface area contributed by atoms with Gasteiger partial charge >= 0.3 is 0 Å². The van der Waals surface area contributed by atoms with E-state index in [1.807, 2.05) is 0 Å². The summed E-state index contributed by atoms with van der Waals surface area (Å²) in [5.74, 6) is 2.95. The Morgan fingerprint density at radius 2 is 2.20 bits per heavy atom. The van der Waals surface area contributed by atoms with Crippen LogP contribution in [0.3, 0.4) is 0 Å². The summed E-state index contributed by atoms with van der Waals surface area (Å²) in [5.41, 5.74) is 0. The first-order valence-electron chi connectivity index (χ1n) is 4.58. The van der Waals surface area contributed by atoms with Crippen LogP contribution in [0, 0.1) is 17.8 Å². The van der Waals surface area contributed by atoms with E-state index in [-0.39, 0.29) is 0 Å². The Labute approximate surface area is 63.3 Å². The van der Waals surface area contributed by atoms with Gasteiger partial charge in [0, 0.05) is 0 Å². The Kier molecular flexibility index (Phi) is 1.55. The molecular weight excluding hydrogens is 120 g/mol. The molecule has 0 radical (unpaired) electrons. The molecular formula is C10H16. The molecule has 0 aromatic rings. The fourth-order valence-corrected chi connectivity index (χ4v) is 2.52. The van der Waals surface area contributed by atoms with E-state index < -0.39 is 0 Å². The first-order valence-corrected chi connectivity index (χ1v) is 4.58. The van der Waals surface area contributed by atoms with Gasteiger partial charge in [0.1, 0.15) is 0 Å². The average Bonchev–Trinajstić information content (AvgIpc) is 2.34. The average molecular weight is 136 g/mol. The van der Waals surface area contributed by atoms with E-state index in [1.165, 1.54) is 25.7 Å². The summed E-state index contributed by atoms with van der Waals surface area (Å²) >= 11 is 0. The Bertz CT molecular complexity index is 146. The van der Waals surface area contributed by atoms with E-state index in [0.717, 1.165) is 17.8 Å². The summed E-state index contributed by atoms with van der Waals surface area (Å²) in [6, 6.07) is 0. The lowest BCUT2D eigenvalue weighted by atomic mass is 9.78. The highest BCUT2D eigenvalue weighted by atomic mass is 14.3. The van der Waals surface area contributed by atoms with Gasteiger partial charge in [-0.2, -0.15) is 0 Å². The standard InChI is InChI=1S/C10H16/c1-2-9-5-3-8-4-6-10(9)7-8/h4,6,8-10H,2-3,5,7H2,1H3. The van der Waals surface area contributed by atoms with E-state index in [1.54, 1.807) is 0 Å². The van der Waals surface area contributed by atoms with Crippen molar-refractivity contribution in [1.29, 1.82) is 0 Å². The van der Waals surface area contributed by atoms with Crippen LogP contribution in [0.4, 0.5) is 0 Å². The number of rotatable bonds is 1. The van der Waals surface area contributed by atoms with Gasteiger partial charge in [0.15, 0.2) is 0 Å². The van der Waals surface area contributed by atoms with Crippen LogP contribution in [0.2, 0.25) is 0 Å². The number of hydrogen-bond donors (Lipinski definition) is 0. The molecule has 0 amide bonds. The van der Waals surface area contributed by atoms with Gasteiger partial charge in [0.25, 0.3) is 0 Å². The van der Waals surface area contributed by atoms with Gasteiger partial charge in [-0.3, -0.25) is 0 Å². The Balaban J connectivity index is 2.06. The largest absolute Gasteiger partial charge is 0.0851 e. The second kappa shape index (κ2) is 2.41. The highest BCUT2D eigenvalue weighted by molar-refractivity contribution is 5.06. The molecule has 1 fully saturated rings. The summed E-state index contributed by atoms with van der Waals surface area (Å²) in [6.07, 6.45) is 10.7. The zero-order valence-corrected chi connectivity index (χ0v) is 6.72. The fourth-order valence-electron chi connectivity index (χ4n) is 2.52. The van der Waals surface area contributed by atoms with Gasteiger partial charge in [-0.05, 0) is 37.0 Å². The molecule has 0 nitrogen and oxygen atoms in total. The normalized spacial score (nSPS) is 44.3. The van der Waals surface area contributed by atoms with Crippen molar-refractivity contribution in [1.82, 2.24) is 0 Å². The van der Waals surface area contributed by atoms with Gasteiger partial charge in [-0.1, -0.05) is 25.5 Å². The minimum atomic E-state index is 0.962. The number of allylic oxidation sites excluding steroid dienone is 2. The lowest BCUT2D eigenvalue weighted by molar-refractivity contribution is 0.259. The van der Waals surface area contributed by atoms with Crippen molar-refractivity contribution < 1.29 is 0 Å². The highest BCUT2D eigenvalue weighted by Gasteiger charge is 2.30. The number of hydrogen-bond acceptors (Lipinski definition) is 0.